The van der Waals surface area contributed by atoms with Gasteiger partial charge >= 0.3 is 11.3 Å². The first-order valence-electron chi connectivity index (χ1n) is 6.14. The lowest BCUT2D eigenvalue weighted by Gasteiger charge is -2.05. The lowest BCUT2D eigenvalue weighted by atomic mass is 10.1. The molecule has 0 aliphatic carbocycles. The van der Waals surface area contributed by atoms with Crippen LogP contribution in [0.4, 0.5) is 0 Å². The summed E-state index contributed by atoms with van der Waals surface area (Å²) in [4.78, 5) is 35.2. The smallest absolute Gasteiger partial charge is 0.351 e. The first-order valence-corrected chi connectivity index (χ1v) is 6.14. The molecule has 2 aromatic heterocycles. The number of carbonyl (C=O) groups is 1. The molecule has 1 N–H and O–H groups in total. The monoisotopic (exact) mass is 286 g/mol. The summed E-state index contributed by atoms with van der Waals surface area (Å²) in [5.41, 5.74) is -1.40. The second kappa shape index (κ2) is 4.31. The molecule has 0 saturated heterocycles. The molecule has 0 fully saturated rings. The molecule has 0 saturated carbocycles. The molecule has 106 valence electrons. The van der Waals surface area contributed by atoms with Gasteiger partial charge in [-0.2, -0.15) is 0 Å². The minimum atomic E-state index is -0.986. The van der Waals surface area contributed by atoms with Crippen molar-refractivity contribution in [3.8, 4) is 5.75 Å². The first kappa shape index (κ1) is 13.1. The Hall–Kier alpha value is -2.89. The number of aryl methyl sites for hydroxylation is 1. The number of hydrogen-bond donors (Lipinski definition) is 1. The van der Waals surface area contributed by atoms with Crippen molar-refractivity contribution in [1.82, 2.24) is 0 Å². The lowest BCUT2D eigenvalue weighted by molar-refractivity contribution is 0.101. The molecule has 0 aliphatic heterocycles. The Balaban J connectivity index is 2.65. The van der Waals surface area contributed by atoms with E-state index in [9.17, 15) is 19.5 Å². The van der Waals surface area contributed by atoms with Crippen LogP contribution >= 0.6 is 0 Å². The maximum absolute atomic E-state index is 12.0. The fourth-order valence-corrected chi connectivity index (χ4v) is 2.27. The summed E-state index contributed by atoms with van der Waals surface area (Å²) >= 11 is 0. The first-order chi connectivity index (χ1) is 9.90. The highest BCUT2D eigenvalue weighted by atomic mass is 16.4. The van der Waals surface area contributed by atoms with Gasteiger partial charge in [0.25, 0.3) is 0 Å². The van der Waals surface area contributed by atoms with E-state index in [2.05, 4.69) is 0 Å². The number of aromatic hydroxyl groups is 1. The summed E-state index contributed by atoms with van der Waals surface area (Å²) in [6.07, 6.45) is 0. The average molecular weight is 286 g/mol. The predicted molar refractivity (Wildman–Crippen MR) is 74.9 cm³/mol. The molecule has 0 unspecified atom stereocenters. The molecule has 0 bridgehead atoms. The van der Waals surface area contributed by atoms with E-state index in [1.165, 1.54) is 0 Å². The largest absolute Gasteiger partial charge is 0.506 e. The zero-order chi connectivity index (χ0) is 15.3. The number of ketones is 1. The Morgan fingerprint density at radius 1 is 1.14 bits per heavy atom. The highest BCUT2D eigenvalue weighted by Crippen LogP contribution is 2.29. The summed E-state index contributed by atoms with van der Waals surface area (Å²) in [6.45, 7) is 2.92. The summed E-state index contributed by atoms with van der Waals surface area (Å²) in [5.74, 6) is -1.39. The van der Waals surface area contributed by atoms with E-state index in [4.69, 9.17) is 8.83 Å². The SMILES string of the molecule is CC(=O)c1c(O)c2c(=O)oc3cc(C)ccc3c2oc1=O. The van der Waals surface area contributed by atoms with Crippen LogP contribution in [0.15, 0.2) is 36.6 Å². The van der Waals surface area contributed by atoms with Gasteiger partial charge in [-0.25, -0.2) is 9.59 Å². The molecule has 6 heteroatoms. The van der Waals surface area contributed by atoms with Crippen LogP contribution in [0.2, 0.25) is 0 Å². The van der Waals surface area contributed by atoms with Crippen molar-refractivity contribution in [2.24, 2.45) is 0 Å². The van der Waals surface area contributed by atoms with E-state index in [1.807, 2.05) is 6.92 Å². The average Bonchev–Trinajstić information content (AvgIpc) is 2.36. The van der Waals surface area contributed by atoms with Crippen LogP contribution in [0.3, 0.4) is 0 Å². The fourth-order valence-electron chi connectivity index (χ4n) is 2.27. The quantitative estimate of drug-likeness (QED) is 0.418. The zero-order valence-corrected chi connectivity index (χ0v) is 11.2. The fraction of sp³-hybridized carbons (Fsp3) is 0.133. The molecule has 21 heavy (non-hydrogen) atoms. The molecule has 0 aliphatic rings. The second-order valence-corrected chi connectivity index (χ2v) is 4.76. The Morgan fingerprint density at radius 2 is 1.86 bits per heavy atom. The number of rotatable bonds is 1. The molecule has 3 rings (SSSR count). The van der Waals surface area contributed by atoms with Gasteiger partial charge in [0, 0.05) is 0 Å². The van der Waals surface area contributed by atoms with Gasteiger partial charge in [0.2, 0.25) is 0 Å². The van der Waals surface area contributed by atoms with E-state index >= 15 is 0 Å². The molecule has 3 aromatic rings. The number of fused-ring (bicyclic) bond motifs is 3. The second-order valence-electron chi connectivity index (χ2n) is 4.76. The van der Waals surface area contributed by atoms with Crippen LogP contribution in [-0.4, -0.2) is 10.9 Å². The van der Waals surface area contributed by atoms with Gasteiger partial charge in [-0.05, 0) is 31.5 Å². The zero-order valence-electron chi connectivity index (χ0n) is 11.2. The van der Waals surface area contributed by atoms with Crippen molar-refractivity contribution in [3.63, 3.8) is 0 Å². The molecule has 0 atom stereocenters. The third kappa shape index (κ3) is 1.84. The van der Waals surface area contributed by atoms with E-state index < -0.39 is 28.3 Å². The number of Topliss-reactive ketones (excluding diaryl/α,β-unsaturated/α-hetero) is 1. The summed E-state index contributed by atoms with van der Waals surface area (Å²) < 4.78 is 10.2. The van der Waals surface area contributed by atoms with Crippen molar-refractivity contribution in [2.75, 3.05) is 0 Å². The highest BCUT2D eigenvalue weighted by Gasteiger charge is 2.22. The van der Waals surface area contributed by atoms with Gasteiger partial charge in [-0.3, -0.25) is 4.79 Å². The number of benzene rings is 1. The standard InChI is InChI=1S/C15H10O6/c1-6-3-4-8-9(5-6)20-15(19)11-12(17)10(7(2)16)14(18)21-13(8)11/h3-5,17H,1-2H3. The van der Waals surface area contributed by atoms with Crippen molar-refractivity contribution in [1.29, 1.82) is 0 Å². The van der Waals surface area contributed by atoms with Crippen molar-refractivity contribution >= 4 is 27.7 Å². The van der Waals surface area contributed by atoms with Crippen LogP contribution in [0.1, 0.15) is 22.8 Å². The molecular weight excluding hydrogens is 276 g/mol. The predicted octanol–water partition coefficient (Wildman–Crippen LogP) is 2.12. The van der Waals surface area contributed by atoms with Crippen LogP contribution in [0.5, 0.6) is 5.75 Å². The maximum Gasteiger partial charge on any atom is 0.351 e. The van der Waals surface area contributed by atoms with Crippen molar-refractivity contribution in [2.45, 2.75) is 13.8 Å². The van der Waals surface area contributed by atoms with Crippen LogP contribution in [0.25, 0.3) is 21.9 Å². The van der Waals surface area contributed by atoms with E-state index in [-0.39, 0.29) is 16.6 Å². The van der Waals surface area contributed by atoms with Gasteiger partial charge in [-0.15, -0.1) is 0 Å². The Morgan fingerprint density at radius 3 is 2.52 bits per heavy atom. The van der Waals surface area contributed by atoms with E-state index in [0.29, 0.717) is 5.39 Å². The van der Waals surface area contributed by atoms with Gasteiger partial charge in [0.15, 0.2) is 17.1 Å². The van der Waals surface area contributed by atoms with Gasteiger partial charge in [0.1, 0.15) is 16.5 Å². The molecular formula is C15H10O6. The molecule has 1 aromatic carbocycles. The van der Waals surface area contributed by atoms with E-state index in [1.54, 1.807) is 18.2 Å². The van der Waals surface area contributed by atoms with Gasteiger partial charge < -0.3 is 13.9 Å². The third-order valence-corrected chi connectivity index (χ3v) is 3.24. The summed E-state index contributed by atoms with van der Waals surface area (Å²) in [7, 11) is 0. The maximum atomic E-state index is 12.0. The van der Waals surface area contributed by atoms with Gasteiger partial charge in [-0.1, -0.05) is 6.07 Å². The normalized spacial score (nSPS) is 11.1. The van der Waals surface area contributed by atoms with Crippen LogP contribution < -0.4 is 11.3 Å². The highest BCUT2D eigenvalue weighted by molar-refractivity contribution is 6.07. The van der Waals surface area contributed by atoms with E-state index in [0.717, 1.165) is 12.5 Å². The summed E-state index contributed by atoms with van der Waals surface area (Å²) in [6, 6.07) is 4.98. The Bertz CT molecular complexity index is 1020. The molecule has 6 nitrogen and oxygen atoms in total. The number of carbonyl (C=O) groups excluding carboxylic acids is 1. The van der Waals surface area contributed by atoms with Crippen molar-refractivity contribution < 1.29 is 18.7 Å². The topological polar surface area (TPSA) is 97.7 Å². The molecule has 2 heterocycles. The van der Waals surface area contributed by atoms with Crippen LogP contribution in [0, 0.1) is 6.92 Å². The molecule has 0 radical (unpaired) electrons. The summed E-state index contributed by atoms with van der Waals surface area (Å²) in [5, 5.41) is 10.1. The lowest BCUT2D eigenvalue weighted by Crippen LogP contribution is -2.14. The molecule has 0 spiro atoms. The molecule has 0 amide bonds. The minimum absolute atomic E-state index is 0.0891. The van der Waals surface area contributed by atoms with Gasteiger partial charge in [0.05, 0.1) is 5.39 Å². The van der Waals surface area contributed by atoms with Crippen molar-refractivity contribution in [3.05, 3.63) is 50.2 Å². The Labute approximate surface area is 117 Å². The number of hydrogen-bond acceptors (Lipinski definition) is 6. The third-order valence-electron chi connectivity index (χ3n) is 3.24. The Kier molecular flexibility index (Phi) is 2.69. The minimum Gasteiger partial charge on any atom is -0.506 e. The van der Waals surface area contributed by atoms with Crippen LogP contribution in [-0.2, 0) is 0 Å².